The molecule has 6 nitrogen and oxygen atoms in total. The van der Waals surface area contributed by atoms with E-state index in [-0.39, 0.29) is 5.91 Å². The molecule has 0 unspecified atom stereocenters. The van der Waals surface area contributed by atoms with Gasteiger partial charge in [-0.3, -0.25) is 14.9 Å². The largest absolute Gasteiger partial charge is 0.352 e. The summed E-state index contributed by atoms with van der Waals surface area (Å²) in [6.45, 7) is 4.50. The molecule has 3 rings (SSSR count). The SMILES string of the molecule is C[C@@H]1[C@@H](C)CCC[C@H]1NC(=O)CSc1n[nH]c(-c2ccncc2)n1. The lowest BCUT2D eigenvalue weighted by Gasteiger charge is -2.34. The maximum Gasteiger partial charge on any atom is 0.230 e. The highest BCUT2D eigenvalue weighted by Crippen LogP contribution is 2.29. The third-order valence-electron chi connectivity index (χ3n) is 4.80. The minimum Gasteiger partial charge on any atom is -0.352 e. The van der Waals surface area contributed by atoms with Gasteiger partial charge in [0, 0.05) is 24.0 Å². The second-order valence-electron chi connectivity index (χ2n) is 6.43. The Morgan fingerprint density at radius 1 is 1.33 bits per heavy atom. The van der Waals surface area contributed by atoms with Crippen LogP contribution in [0.3, 0.4) is 0 Å². The second kappa shape index (κ2) is 7.79. The van der Waals surface area contributed by atoms with Gasteiger partial charge in [0.1, 0.15) is 0 Å². The van der Waals surface area contributed by atoms with Crippen molar-refractivity contribution in [2.24, 2.45) is 11.8 Å². The van der Waals surface area contributed by atoms with E-state index in [0.29, 0.717) is 34.6 Å². The van der Waals surface area contributed by atoms with Crippen LogP contribution >= 0.6 is 11.8 Å². The summed E-state index contributed by atoms with van der Waals surface area (Å²) in [6, 6.07) is 4.03. The normalized spacial score (nSPS) is 23.8. The molecule has 3 atom stereocenters. The van der Waals surface area contributed by atoms with E-state index >= 15 is 0 Å². The van der Waals surface area contributed by atoms with Gasteiger partial charge in [-0.2, -0.15) is 0 Å². The van der Waals surface area contributed by atoms with Crippen molar-refractivity contribution >= 4 is 17.7 Å². The molecule has 1 aliphatic carbocycles. The van der Waals surface area contributed by atoms with Crippen LogP contribution in [0.2, 0.25) is 0 Å². The number of aromatic amines is 1. The Labute approximate surface area is 146 Å². The van der Waals surface area contributed by atoms with Gasteiger partial charge in [0.05, 0.1) is 5.75 Å². The first-order valence-electron chi connectivity index (χ1n) is 8.38. The number of nitrogens with zero attached hydrogens (tertiary/aromatic N) is 3. The lowest BCUT2D eigenvalue weighted by atomic mass is 9.78. The van der Waals surface area contributed by atoms with Gasteiger partial charge in [0.15, 0.2) is 5.82 Å². The predicted octanol–water partition coefficient (Wildman–Crippen LogP) is 2.90. The number of carbonyl (C=O) groups excluding carboxylic acids is 1. The fourth-order valence-electron chi connectivity index (χ4n) is 3.11. The van der Waals surface area contributed by atoms with E-state index in [1.54, 1.807) is 12.4 Å². The lowest BCUT2D eigenvalue weighted by Crippen LogP contribution is -2.44. The number of pyridine rings is 1. The lowest BCUT2D eigenvalue weighted by molar-refractivity contribution is -0.120. The van der Waals surface area contributed by atoms with Crippen LogP contribution in [-0.4, -0.2) is 37.9 Å². The smallest absolute Gasteiger partial charge is 0.230 e. The van der Waals surface area contributed by atoms with E-state index in [4.69, 9.17) is 0 Å². The van der Waals surface area contributed by atoms with Crippen LogP contribution in [0, 0.1) is 11.8 Å². The Hall–Kier alpha value is -1.89. The Morgan fingerprint density at radius 2 is 2.12 bits per heavy atom. The number of amides is 1. The summed E-state index contributed by atoms with van der Waals surface area (Å²) >= 11 is 1.35. The van der Waals surface area contributed by atoms with Gasteiger partial charge >= 0.3 is 0 Å². The molecule has 1 amide bonds. The Morgan fingerprint density at radius 3 is 2.92 bits per heavy atom. The minimum absolute atomic E-state index is 0.0567. The maximum absolute atomic E-state index is 12.2. The number of H-pyrrole nitrogens is 1. The van der Waals surface area contributed by atoms with Crippen molar-refractivity contribution in [3.63, 3.8) is 0 Å². The number of hydrogen-bond acceptors (Lipinski definition) is 5. The van der Waals surface area contributed by atoms with Crippen molar-refractivity contribution in [2.45, 2.75) is 44.3 Å². The van der Waals surface area contributed by atoms with Crippen molar-refractivity contribution in [3.05, 3.63) is 24.5 Å². The Kier molecular flexibility index (Phi) is 5.50. The molecular weight excluding hydrogens is 322 g/mol. The number of carbonyl (C=O) groups is 1. The summed E-state index contributed by atoms with van der Waals surface area (Å²) < 4.78 is 0. The van der Waals surface area contributed by atoms with Crippen molar-refractivity contribution in [1.29, 1.82) is 0 Å². The van der Waals surface area contributed by atoms with Crippen molar-refractivity contribution in [1.82, 2.24) is 25.5 Å². The number of thioether (sulfide) groups is 1. The monoisotopic (exact) mass is 345 g/mol. The maximum atomic E-state index is 12.2. The van der Waals surface area contributed by atoms with Crippen LogP contribution in [0.15, 0.2) is 29.7 Å². The molecule has 1 fully saturated rings. The second-order valence-corrected chi connectivity index (χ2v) is 7.37. The van der Waals surface area contributed by atoms with E-state index in [2.05, 4.69) is 39.3 Å². The zero-order valence-electron chi connectivity index (χ0n) is 14.0. The molecule has 1 aliphatic rings. The molecule has 128 valence electrons. The van der Waals surface area contributed by atoms with Crippen LogP contribution < -0.4 is 5.32 Å². The highest BCUT2D eigenvalue weighted by atomic mass is 32.2. The molecule has 0 bridgehead atoms. The van der Waals surface area contributed by atoms with Crippen LogP contribution in [0.25, 0.3) is 11.4 Å². The van der Waals surface area contributed by atoms with Gasteiger partial charge in [0.2, 0.25) is 11.1 Å². The van der Waals surface area contributed by atoms with Gasteiger partial charge < -0.3 is 5.32 Å². The quantitative estimate of drug-likeness (QED) is 0.814. The van der Waals surface area contributed by atoms with Gasteiger partial charge in [-0.25, -0.2) is 4.98 Å². The predicted molar refractivity (Wildman–Crippen MR) is 94.4 cm³/mol. The van der Waals surface area contributed by atoms with Crippen molar-refractivity contribution < 1.29 is 4.79 Å². The first kappa shape index (κ1) is 17.0. The van der Waals surface area contributed by atoms with Crippen molar-refractivity contribution in [2.75, 3.05) is 5.75 Å². The molecule has 2 aromatic rings. The first-order chi connectivity index (χ1) is 11.6. The fourth-order valence-corrected chi connectivity index (χ4v) is 3.72. The molecule has 2 aromatic heterocycles. The van der Waals surface area contributed by atoms with Crippen LogP contribution in [0.4, 0.5) is 0 Å². The molecule has 0 aromatic carbocycles. The van der Waals surface area contributed by atoms with Gasteiger partial charge in [-0.15, -0.1) is 5.10 Å². The zero-order chi connectivity index (χ0) is 16.9. The molecule has 1 saturated carbocycles. The van der Waals surface area contributed by atoms with E-state index in [1.807, 2.05) is 12.1 Å². The third kappa shape index (κ3) is 4.14. The molecule has 0 spiro atoms. The third-order valence-corrected chi connectivity index (χ3v) is 5.65. The topological polar surface area (TPSA) is 83.6 Å². The van der Waals surface area contributed by atoms with Gasteiger partial charge in [-0.05, 0) is 30.4 Å². The van der Waals surface area contributed by atoms with Crippen LogP contribution in [0.1, 0.15) is 33.1 Å². The van der Waals surface area contributed by atoms with Gasteiger partial charge in [0.25, 0.3) is 0 Å². The average molecular weight is 345 g/mol. The summed E-state index contributed by atoms with van der Waals surface area (Å²) in [7, 11) is 0. The van der Waals surface area contributed by atoms with Crippen molar-refractivity contribution in [3.8, 4) is 11.4 Å². The van der Waals surface area contributed by atoms with E-state index in [9.17, 15) is 4.79 Å². The van der Waals surface area contributed by atoms with E-state index < -0.39 is 0 Å². The van der Waals surface area contributed by atoms with E-state index in [0.717, 1.165) is 12.0 Å². The molecule has 0 saturated heterocycles. The first-order valence-corrected chi connectivity index (χ1v) is 9.37. The highest BCUT2D eigenvalue weighted by molar-refractivity contribution is 7.99. The summed E-state index contributed by atoms with van der Waals surface area (Å²) in [5.41, 5.74) is 0.929. The number of rotatable bonds is 5. The molecule has 2 heterocycles. The molecule has 2 N–H and O–H groups in total. The summed E-state index contributed by atoms with van der Waals surface area (Å²) in [5.74, 6) is 2.30. The molecule has 0 aliphatic heterocycles. The number of hydrogen-bond donors (Lipinski definition) is 2. The summed E-state index contributed by atoms with van der Waals surface area (Å²) in [6.07, 6.45) is 6.96. The molecular formula is C17H23N5OS. The van der Waals surface area contributed by atoms with E-state index in [1.165, 1.54) is 24.6 Å². The minimum atomic E-state index is 0.0567. The molecule has 24 heavy (non-hydrogen) atoms. The highest BCUT2D eigenvalue weighted by Gasteiger charge is 2.28. The summed E-state index contributed by atoms with van der Waals surface area (Å²) in [5, 5.41) is 10.8. The Balaban J connectivity index is 1.51. The summed E-state index contributed by atoms with van der Waals surface area (Å²) in [4.78, 5) is 20.6. The zero-order valence-corrected chi connectivity index (χ0v) is 14.8. The molecule has 7 heteroatoms. The molecule has 0 radical (unpaired) electrons. The fraction of sp³-hybridized carbons (Fsp3) is 0.529. The van der Waals surface area contributed by atoms with Crippen LogP contribution in [-0.2, 0) is 4.79 Å². The van der Waals surface area contributed by atoms with Gasteiger partial charge in [-0.1, -0.05) is 38.5 Å². The number of aromatic nitrogens is 4. The average Bonchev–Trinajstić information content (AvgIpc) is 3.07. The van der Waals surface area contributed by atoms with Crippen LogP contribution in [0.5, 0.6) is 0 Å². The standard InChI is InChI=1S/C17H23N5OS/c1-11-4-3-5-14(12(11)2)19-15(23)10-24-17-20-16(21-22-17)13-6-8-18-9-7-13/h6-9,11-12,14H,3-5,10H2,1-2H3,(H,19,23)(H,20,21,22)/t11-,12+,14+/m0/s1. The Bertz CT molecular complexity index is 675. The number of nitrogens with one attached hydrogen (secondary N) is 2.